The molecule has 0 radical (unpaired) electrons. The molecule has 4 aromatic rings. The van der Waals surface area contributed by atoms with Crippen LogP contribution in [0.5, 0.6) is 5.75 Å². The van der Waals surface area contributed by atoms with Crippen molar-refractivity contribution in [1.82, 2.24) is 19.7 Å². The average molecular weight is 345 g/mol. The number of para-hydroxylation sites is 2. The van der Waals surface area contributed by atoms with Crippen molar-refractivity contribution >= 4 is 16.9 Å². The van der Waals surface area contributed by atoms with Crippen LogP contribution in [0.4, 0.5) is 5.82 Å². The van der Waals surface area contributed by atoms with Gasteiger partial charge in [0.15, 0.2) is 11.3 Å². The summed E-state index contributed by atoms with van der Waals surface area (Å²) in [5.41, 5.74) is 9.31. The monoisotopic (exact) mass is 345 g/mol. The number of aromatic hydroxyl groups is 1. The standard InChI is InChI=1S/C20H19N5O/c21-20-19-16(13-25(24-19)15-9-2-1-3-10-15)22-18(23-20)12-6-8-14-7-4-5-11-17(14)26/h1-5,7,9-11,13,26H,6,8,12H2,(H2,21,22,23). The third-order valence-corrected chi connectivity index (χ3v) is 4.30. The van der Waals surface area contributed by atoms with Gasteiger partial charge >= 0.3 is 0 Å². The lowest BCUT2D eigenvalue weighted by Gasteiger charge is -2.04. The Kier molecular flexibility index (Phi) is 4.23. The van der Waals surface area contributed by atoms with Crippen molar-refractivity contribution in [3.63, 3.8) is 0 Å². The molecule has 0 amide bonds. The third-order valence-electron chi connectivity index (χ3n) is 4.30. The van der Waals surface area contributed by atoms with Crippen molar-refractivity contribution in [3.8, 4) is 11.4 Å². The summed E-state index contributed by atoms with van der Waals surface area (Å²) in [6.07, 6.45) is 4.15. The molecule has 130 valence electrons. The summed E-state index contributed by atoms with van der Waals surface area (Å²) in [6, 6.07) is 17.2. The van der Waals surface area contributed by atoms with Gasteiger partial charge < -0.3 is 10.8 Å². The smallest absolute Gasteiger partial charge is 0.155 e. The average Bonchev–Trinajstić information content (AvgIpc) is 3.09. The van der Waals surface area contributed by atoms with Crippen LogP contribution >= 0.6 is 0 Å². The fourth-order valence-electron chi connectivity index (χ4n) is 2.97. The maximum absolute atomic E-state index is 9.84. The Morgan fingerprint density at radius 2 is 1.69 bits per heavy atom. The molecular weight excluding hydrogens is 326 g/mol. The molecule has 26 heavy (non-hydrogen) atoms. The molecule has 3 N–H and O–H groups in total. The van der Waals surface area contributed by atoms with E-state index in [0.29, 0.717) is 29.3 Å². The highest BCUT2D eigenvalue weighted by molar-refractivity contribution is 5.83. The molecule has 0 aliphatic carbocycles. The van der Waals surface area contributed by atoms with E-state index < -0.39 is 0 Å². The van der Waals surface area contributed by atoms with Crippen LogP contribution in [-0.4, -0.2) is 24.9 Å². The fraction of sp³-hybridized carbons (Fsp3) is 0.150. The number of hydrogen-bond donors (Lipinski definition) is 2. The molecule has 0 atom stereocenters. The van der Waals surface area contributed by atoms with Crippen LogP contribution in [-0.2, 0) is 12.8 Å². The van der Waals surface area contributed by atoms with Crippen LogP contribution in [0.3, 0.4) is 0 Å². The van der Waals surface area contributed by atoms with E-state index >= 15 is 0 Å². The van der Waals surface area contributed by atoms with E-state index in [9.17, 15) is 5.11 Å². The Bertz CT molecular complexity index is 1040. The second-order valence-corrected chi connectivity index (χ2v) is 6.15. The first-order valence-electron chi connectivity index (χ1n) is 8.55. The first-order chi connectivity index (χ1) is 12.7. The fourth-order valence-corrected chi connectivity index (χ4v) is 2.97. The van der Waals surface area contributed by atoms with E-state index in [0.717, 1.165) is 29.6 Å². The second kappa shape index (κ2) is 6.84. The number of nitrogens with two attached hydrogens (primary N) is 1. The van der Waals surface area contributed by atoms with Gasteiger partial charge in [-0.05, 0) is 36.6 Å². The van der Waals surface area contributed by atoms with Gasteiger partial charge in [-0.25, -0.2) is 14.6 Å². The molecule has 0 aliphatic heterocycles. The highest BCUT2D eigenvalue weighted by atomic mass is 16.3. The van der Waals surface area contributed by atoms with Crippen LogP contribution < -0.4 is 5.73 Å². The highest BCUT2D eigenvalue weighted by Gasteiger charge is 2.11. The van der Waals surface area contributed by atoms with E-state index in [4.69, 9.17) is 5.73 Å². The van der Waals surface area contributed by atoms with Gasteiger partial charge in [-0.2, -0.15) is 5.10 Å². The number of phenols is 1. The zero-order valence-electron chi connectivity index (χ0n) is 14.2. The van der Waals surface area contributed by atoms with Gasteiger partial charge in [0.05, 0.1) is 11.9 Å². The van der Waals surface area contributed by atoms with Crippen molar-refractivity contribution in [2.24, 2.45) is 0 Å². The van der Waals surface area contributed by atoms with Gasteiger partial charge in [0.2, 0.25) is 0 Å². The van der Waals surface area contributed by atoms with Crippen LogP contribution in [0.1, 0.15) is 17.8 Å². The molecule has 0 spiro atoms. The predicted molar refractivity (Wildman–Crippen MR) is 101 cm³/mol. The summed E-state index contributed by atoms with van der Waals surface area (Å²) in [7, 11) is 0. The Hall–Kier alpha value is -3.41. The van der Waals surface area contributed by atoms with Crippen molar-refractivity contribution in [2.75, 3.05) is 5.73 Å². The maximum Gasteiger partial charge on any atom is 0.155 e. The zero-order chi connectivity index (χ0) is 17.9. The molecular formula is C20H19N5O. The normalized spacial score (nSPS) is 11.1. The third kappa shape index (κ3) is 3.21. The van der Waals surface area contributed by atoms with Crippen molar-refractivity contribution in [3.05, 3.63) is 72.2 Å². The van der Waals surface area contributed by atoms with E-state index in [1.807, 2.05) is 54.7 Å². The summed E-state index contributed by atoms with van der Waals surface area (Å²) in [5, 5.41) is 14.3. The van der Waals surface area contributed by atoms with E-state index in [1.165, 1.54) is 0 Å². The molecule has 0 saturated carbocycles. The van der Waals surface area contributed by atoms with Gasteiger partial charge in [-0.15, -0.1) is 0 Å². The van der Waals surface area contributed by atoms with Crippen LogP contribution in [0.25, 0.3) is 16.7 Å². The zero-order valence-corrected chi connectivity index (χ0v) is 14.2. The molecule has 0 fully saturated rings. The summed E-state index contributed by atoms with van der Waals surface area (Å²) in [5.74, 6) is 1.41. The van der Waals surface area contributed by atoms with Gasteiger partial charge in [0.1, 0.15) is 17.1 Å². The second-order valence-electron chi connectivity index (χ2n) is 6.15. The lowest BCUT2D eigenvalue weighted by molar-refractivity contribution is 0.467. The van der Waals surface area contributed by atoms with Crippen LogP contribution in [0.2, 0.25) is 0 Å². The molecule has 0 saturated heterocycles. The molecule has 0 bridgehead atoms. The Morgan fingerprint density at radius 1 is 0.923 bits per heavy atom. The van der Waals surface area contributed by atoms with Gasteiger partial charge in [0.25, 0.3) is 0 Å². The predicted octanol–water partition coefficient (Wildman–Crippen LogP) is 3.28. The van der Waals surface area contributed by atoms with Crippen molar-refractivity contribution in [2.45, 2.75) is 19.3 Å². The lowest BCUT2D eigenvalue weighted by atomic mass is 10.1. The number of aryl methyl sites for hydroxylation is 2. The summed E-state index contributed by atoms with van der Waals surface area (Å²) in [6.45, 7) is 0. The quantitative estimate of drug-likeness (QED) is 0.579. The summed E-state index contributed by atoms with van der Waals surface area (Å²) in [4.78, 5) is 8.99. The highest BCUT2D eigenvalue weighted by Crippen LogP contribution is 2.21. The summed E-state index contributed by atoms with van der Waals surface area (Å²) >= 11 is 0. The number of nitrogens with zero attached hydrogens (tertiary/aromatic N) is 4. The van der Waals surface area contributed by atoms with Crippen LogP contribution in [0, 0.1) is 0 Å². The molecule has 6 heteroatoms. The number of rotatable bonds is 5. The topological polar surface area (TPSA) is 89.9 Å². The Morgan fingerprint density at radius 3 is 2.50 bits per heavy atom. The molecule has 2 aromatic carbocycles. The first-order valence-corrected chi connectivity index (χ1v) is 8.55. The Labute approximate surface area is 151 Å². The first kappa shape index (κ1) is 16.1. The van der Waals surface area contributed by atoms with E-state index in [1.54, 1.807) is 10.7 Å². The number of nitrogen functional groups attached to an aromatic ring is 1. The maximum atomic E-state index is 9.84. The number of anilines is 1. The minimum Gasteiger partial charge on any atom is -0.508 e. The van der Waals surface area contributed by atoms with E-state index in [-0.39, 0.29) is 0 Å². The van der Waals surface area contributed by atoms with Crippen molar-refractivity contribution < 1.29 is 5.11 Å². The lowest BCUT2D eigenvalue weighted by Crippen LogP contribution is -2.01. The summed E-state index contributed by atoms with van der Waals surface area (Å²) < 4.78 is 1.77. The Balaban J connectivity index is 1.54. The molecule has 4 rings (SSSR count). The number of phenolic OH excluding ortho intramolecular Hbond substituents is 1. The minimum absolute atomic E-state index is 0.326. The number of hydrogen-bond acceptors (Lipinski definition) is 5. The number of aromatic nitrogens is 4. The molecule has 2 heterocycles. The van der Waals surface area contributed by atoms with Crippen molar-refractivity contribution in [1.29, 1.82) is 0 Å². The van der Waals surface area contributed by atoms with Gasteiger partial charge in [0, 0.05) is 6.42 Å². The number of fused-ring (bicyclic) bond motifs is 1. The largest absolute Gasteiger partial charge is 0.508 e. The number of benzene rings is 2. The van der Waals surface area contributed by atoms with Gasteiger partial charge in [-0.3, -0.25) is 0 Å². The van der Waals surface area contributed by atoms with Crippen LogP contribution in [0.15, 0.2) is 60.8 Å². The SMILES string of the molecule is Nc1nc(CCCc2ccccc2O)nc2cn(-c3ccccc3)nc12. The van der Waals surface area contributed by atoms with E-state index in [2.05, 4.69) is 15.1 Å². The minimum atomic E-state index is 0.326. The molecule has 0 unspecified atom stereocenters. The molecule has 0 aliphatic rings. The molecule has 6 nitrogen and oxygen atoms in total. The van der Waals surface area contributed by atoms with Gasteiger partial charge in [-0.1, -0.05) is 36.4 Å². The molecule has 2 aromatic heterocycles.